The van der Waals surface area contributed by atoms with E-state index in [1.807, 2.05) is 33.3 Å². The van der Waals surface area contributed by atoms with Crippen LogP contribution >= 0.6 is 7.82 Å². The second-order valence-electron chi connectivity index (χ2n) is 17.1. The maximum atomic E-state index is 12.7. The van der Waals surface area contributed by atoms with Gasteiger partial charge in [-0.25, -0.2) is 0 Å². The molecule has 0 saturated carbocycles. The monoisotopic (exact) mass is 888 g/mol. The molecule has 0 aromatic carbocycles. The molecule has 0 heterocycles. The number of rotatable bonds is 43. The Kier molecular flexibility index (Phi) is 41.5. The number of carbonyl (C=O) groups is 2. The van der Waals surface area contributed by atoms with Crippen LogP contribution in [0.3, 0.4) is 0 Å². The van der Waals surface area contributed by atoms with Gasteiger partial charge in [-0.15, -0.1) is 0 Å². The van der Waals surface area contributed by atoms with Crippen LogP contribution in [0.2, 0.25) is 0 Å². The molecule has 9 nitrogen and oxygen atoms in total. The van der Waals surface area contributed by atoms with Crippen LogP contribution in [0.1, 0.15) is 181 Å². The van der Waals surface area contributed by atoms with Crippen molar-refractivity contribution in [2.45, 2.75) is 187 Å². The van der Waals surface area contributed by atoms with Gasteiger partial charge < -0.3 is 27.9 Å². The van der Waals surface area contributed by atoms with Gasteiger partial charge in [0, 0.05) is 12.8 Å². The molecular formula is C52H90NO8P. The van der Waals surface area contributed by atoms with Gasteiger partial charge >= 0.3 is 11.9 Å². The minimum Gasteiger partial charge on any atom is -0.756 e. The van der Waals surface area contributed by atoms with Crippen molar-refractivity contribution in [2.24, 2.45) is 0 Å². The molecule has 0 aromatic heterocycles. The minimum atomic E-state index is -4.65. The van der Waals surface area contributed by atoms with Gasteiger partial charge in [-0.3, -0.25) is 14.2 Å². The Morgan fingerprint density at radius 3 is 1.35 bits per heavy atom. The fraction of sp³-hybridized carbons (Fsp3) is 0.692. The first kappa shape index (κ1) is 59.2. The van der Waals surface area contributed by atoms with E-state index in [2.05, 4.69) is 86.8 Å². The zero-order valence-electron chi connectivity index (χ0n) is 40.0. The molecule has 0 radical (unpaired) electrons. The number of hydrogen-bond donors (Lipinski definition) is 0. The first-order chi connectivity index (χ1) is 30.0. The summed E-state index contributed by atoms with van der Waals surface area (Å²) in [6, 6.07) is 0. The quantitative estimate of drug-likeness (QED) is 0.0196. The molecule has 0 fully saturated rings. The van der Waals surface area contributed by atoms with Crippen molar-refractivity contribution in [2.75, 3.05) is 47.5 Å². The van der Waals surface area contributed by atoms with Crippen LogP contribution in [0.15, 0.2) is 85.1 Å². The first-order valence-electron chi connectivity index (χ1n) is 24.3. The maximum absolute atomic E-state index is 12.7. The van der Waals surface area contributed by atoms with Crippen LogP contribution < -0.4 is 4.89 Å². The third-order valence-electron chi connectivity index (χ3n) is 9.90. The average Bonchev–Trinajstić information content (AvgIpc) is 3.23. The topological polar surface area (TPSA) is 111 Å². The van der Waals surface area contributed by atoms with Crippen LogP contribution in [0.25, 0.3) is 0 Å². The van der Waals surface area contributed by atoms with Gasteiger partial charge in [0.25, 0.3) is 7.82 Å². The summed E-state index contributed by atoms with van der Waals surface area (Å²) in [5.74, 6) is -0.940. The van der Waals surface area contributed by atoms with Crippen molar-refractivity contribution in [1.82, 2.24) is 0 Å². The molecule has 0 aliphatic heterocycles. The molecule has 0 bridgehead atoms. The summed E-state index contributed by atoms with van der Waals surface area (Å²) in [4.78, 5) is 37.6. The highest BCUT2D eigenvalue weighted by Crippen LogP contribution is 2.38. The second kappa shape index (κ2) is 43.4. The summed E-state index contributed by atoms with van der Waals surface area (Å²) in [5, 5.41) is 0. The Labute approximate surface area is 380 Å². The molecule has 10 heteroatoms. The Morgan fingerprint density at radius 2 is 0.903 bits per heavy atom. The number of hydrogen-bond acceptors (Lipinski definition) is 8. The summed E-state index contributed by atoms with van der Waals surface area (Å²) in [6.45, 7) is 4.08. The van der Waals surface area contributed by atoms with Gasteiger partial charge in [0.05, 0.1) is 27.7 Å². The highest BCUT2D eigenvalue weighted by molar-refractivity contribution is 7.45. The summed E-state index contributed by atoms with van der Waals surface area (Å²) < 4.78 is 33.9. The third-order valence-corrected chi connectivity index (χ3v) is 10.9. The van der Waals surface area contributed by atoms with Crippen molar-refractivity contribution in [3.8, 4) is 0 Å². The molecule has 0 N–H and O–H groups in total. The number of ether oxygens (including phenoxy) is 2. The van der Waals surface area contributed by atoms with Gasteiger partial charge in [0.2, 0.25) is 0 Å². The molecule has 0 amide bonds. The van der Waals surface area contributed by atoms with E-state index in [-0.39, 0.29) is 26.1 Å². The zero-order valence-corrected chi connectivity index (χ0v) is 40.9. The number of carbonyl (C=O) groups excluding carboxylic acids is 2. The van der Waals surface area contributed by atoms with Crippen molar-refractivity contribution < 1.29 is 42.1 Å². The number of unbranched alkanes of at least 4 members (excludes halogenated alkanes) is 15. The Morgan fingerprint density at radius 1 is 0.500 bits per heavy atom. The highest BCUT2D eigenvalue weighted by Gasteiger charge is 2.21. The molecule has 0 spiro atoms. The van der Waals surface area contributed by atoms with Crippen LogP contribution in [0.5, 0.6) is 0 Å². The Hall–Kier alpha value is -2.81. The van der Waals surface area contributed by atoms with E-state index in [0.29, 0.717) is 23.9 Å². The standard InChI is InChI=1S/C52H90NO8P/c1-6-8-10-12-14-16-18-20-22-24-26-28-30-32-34-36-38-40-42-44-51(54)58-48-50(49-60-62(56,57)59-47-46-53(3,4)5)61-52(55)45-43-41-39-37-35-33-31-29-27-25-23-21-19-17-15-13-11-9-7-2/h14-17,20-23,27,29,33,35,39,41,50H,6-13,18-19,24-26,28,30-32,34,36-38,40,42-49H2,1-5H3/b16-14+,17-15+,22-20+,23-21+,29-27+,35-33+,41-39+/t50-/m1/s1. The number of quaternary nitrogens is 1. The van der Waals surface area contributed by atoms with Gasteiger partial charge in [0.1, 0.15) is 19.8 Å². The van der Waals surface area contributed by atoms with E-state index < -0.39 is 32.5 Å². The van der Waals surface area contributed by atoms with Crippen molar-refractivity contribution >= 4 is 19.8 Å². The highest BCUT2D eigenvalue weighted by atomic mass is 31.2. The van der Waals surface area contributed by atoms with Gasteiger partial charge in [-0.05, 0) is 83.5 Å². The van der Waals surface area contributed by atoms with Crippen molar-refractivity contribution in [3.63, 3.8) is 0 Å². The fourth-order valence-corrected chi connectivity index (χ4v) is 6.81. The fourth-order valence-electron chi connectivity index (χ4n) is 6.08. The molecule has 0 aliphatic rings. The lowest BCUT2D eigenvalue weighted by Gasteiger charge is -2.28. The largest absolute Gasteiger partial charge is 0.756 e. The normalized spacial score (nSPS) is 14.2. The number of phosphoric acid groups is 1. The number of phosphoric ester groups is 1. The summed E-state index contributed by atoms with van der Waals surface area (Å²) in [6.07, 6.45) is 56.2. The predicted octanol–water partition coefficient (Wildman–Crippen LogP) is 13.7. The van der Waals surface area contributed by atoms with Gasteiger partial charge in [-0.2, -0.15) is 0 Å². The van der Waals surface area contributed by atoms with E-state index >= 15 is 0 Å². The van der Waals surface area contributed by atoms with Crippen LogP contribution in [0, 0.1) is 0 Å². The maximum Gasteiger partial charge on any atom is 0.306 e. The Bertz CT molecular complexity index is 1330. The molecule has 0 aromatic rings. The zero-order chi connectivity index (χ0) is 45.7. The molecule has 2 atom stereocenters. The van der Waals surface area contributed by atoms with E-state index in [4.69, 9.17) is 18.5 Å². The first-order valence-corrected chi connectivity index (χ1v) is 25.8. The molecule has 356 valence electrons. The summed E-state index contributed by atoms with van der Waals surface area (Å²) in [7, 11) is 1.11. The number of esters is 2. The van der Waals surface area contributed by atoms with Crippen LogP contribution in [0.4, 0.5) is 0 Å². The lowest BCUT2D eigenvalue weighted by molar-refractivity contribution is -0.870. The average molecular weight is 888 g/mol. The predicted molar refractivity (Wildman–Crippen MR) is 259 cm³/mol. The summed E-state index contributed by atoms with van der Waals surface area (Å²) in [5.41, 5.74) is 0. The van der Waals surface area contributed by atoms with Crippen molar-refractivity contribution in [3.05, 3.63) is 85.1 Å². The van der Waals surface area contributed by atoms with Gasteiger partial charge in [-0.1, -0.05) is 170 Å². The number of nitrogens with zero attached hydrogens (tertiary/aromatic N) is 1. The molecule has 0 aliphatic carbocycles. The summed E-state index contributed by atoms with van der Waals surface area (Å²) >= 11 is 0. The SMILES string of the molecule is CCCCC/C=C/C/C=C/C/C=C/C/C=C/C/C=C/CCC(=O)O[C@H](COC(=O)CCCCCCCCCCC/C=C/C/C=C/CCCCC)COP(=O)([O-])OCC[N+](C)(C)C. The third kappa shape index (κ3) is 46.7. The van der Waals surface area contributed by atoms with E-state index in [9.17, 15) is 19.0 Å². The second-order valence-corrected chi connectivity index (χ2v) is 18.5. The molecular weight excluding hydrogens is 798 g/mol. The molecule has 0 saturated heterocycles. The van der Waals surface area contributed by atoms with E-state index in [1.165, 1.54) is 83.5 Å². The van der Waals surface area contributed by atoms with Crippen LogP contribution in [-0.4, -0.2) is 70.0 Å². The number of likely N-dealkylation sites (N-methyl/N-ethyl adjacent to an activating group) is 1. The smallest absolute Gasteiger partial charge is 0.306 e. The van der Waals surface area contributed by atoms with Gasteiger partial charge in [0.15, 0.2) is 6.10 Å². The molecule has 62 heavy (non-hydrogen) atoms. The number of allylic oxidation sites excluding steroid dienone is 14. The lowest BCUT2D eigenvalue weighted by atomic mass is 10.1. The van der Waals surface area contributed by atoms with E-state index in [0.717, 1.165) is 57.8 Å². The molecule has 1 unspecified atom stereocenters. The minimum absolute atomic E-state index is 0.0489. The Balaban J connectivity index is 4.43. The van der Waals surface area contributed by atoms with Crippen LogP contribution in [-0.2, 0) is 32.7 Å². The van der Waals surface area contributed by atoms with Crippen molar-refractivity contribution in [1.29, 1.82) is 0 Å². The molecule has 0 rings (SSSR count). The lowest BCUT2D eigenvalue weighted by Crippen LogP contribution is -2.37. The van der Waals surface area contributed by atoms with E-state index in [1.54, 1.807) is 0 Å².